The summed E-state index contributed by atoms with van der Waals surface area (Å²) in [5, 5.41) is 11.5. The second-order valence-corrected chi connectivity index (χ2v) is 11.6. The number of ketones is 3. The van der Waals surface area contributed by atoms with Gasteiger partial charge in [0.15, 0.2) is 22.8 Å². The number of carbonyl (C=O) groups excluding carboxylic acids is 4. The van der Waals surface area contributed by atoms with Crippen LogP contribution >= 0.6 is 11.6 Å². The number of fused-ring (bicyclic) bond motifs is 5. The molecule has 3 saturated carbocycles. The highest BCUT2D eigenvalue weighted by Crippen LogP contribution is 2.71. The van der Waals surface area contributed by atoms with E-state index < -0.39 is 51.8 Å². The third-order valence-electron chi connectivity index (χ3n) is 9.67. The number of esters is 1. The Hall–Kier alpha value is -1.86. The van der Waals surface area contributed by atoms with Crippen LogP contribution in [-0.4, -0.2) is 51.7 Å². The maximum absolute atomic E-state index is 17.3. The average molecular weight is 509 g/mol. The van der Waals surface area contributed by atoms with E-state index in [0.29, 0.717) is 24.8 Å². The second-order valence-electron chi connectivity index (χ2n) is 11.4. The fourth-order valence-electron chi connectivity index (χ4n) is 8.01. The van der Waals surface area contributed by atoms with Gasteiger partial charge in [-0.05, 0) is 57.6 Å². The van der Waals surface area contributed by atoms with E-state index in [9.17, 15) is 24.3 Å². The quantitative estimate of drug-likeness (QED) is 0.429. The van der Waals surface area contributed by atoms with E-state index in [-0.39, 0.29) is 42.6 Å². The Labute approximate surface area is 210 Å². The van der Waals surface area contributed by atoms with Crippen molar-refractivity contribution < 1.29 is 33.4 Å². The number of halogens is 2. The molecule has 6 nitrogen and oxygen atoms in total. The molecule has 3 fully saturated rings. The number of allylic oxidation sites excluding steroid dienone is 4. The van der Waals surface area contributed by atoms with Crippen molar-refractivity contribution in [2.75, 3.05) is 5.88 Å². The van der Waals surface area contributed by atoms with Gasteiger partial charge in [-0.1, -0.05) is 25.5 Å². The van der Waals surface area contributed by atoms with E-state index in [1.165, 1.54) is 19.1 Å². The van der Waals surface area contributed by atoms with Gasteiger partial charge in [0.25, 0.3) is 0 Å². The van der Waals surface area contributed by atoms with Crippen molar-refractivity contribution in [1.82, 2.24) is 0 Å². The molecule has 0 bridgehead atoms. The van der Waals surface area contributed by atoms with Crippen LogP contribution in [0.4, 0.5) is 4.39 Å². The minimum absolute atomic E-state index is 0.00410. The molecule has 0 aromatic heterocycles. The molecule has 4 aliphatic carbocycles. The molecule has 0 aromatic carbocycles. The van der Waals surface area contributed by atoms with Crippen LogP contribution < -0.4 is 0 Å². The van der Waals surface area contributed by atoms with Crippen LogP contribution in [0.25, 0.3) is 0 Å². The van der Waals surface area contributed by atoms with Gasteiger partial charge in [-0.15, -0.1) is 11.6 Å². The largest absolute Gasteiger partial charge is 0.450 e. The van der Waals surface area contributed by atoms with Gasteiger partial charge in [0.1, 0.15) is 5.78 Å². The summed E-state index contributed by atoms with van der Waals surface area (Å²) >= 11 is 6.04. The average Bonchev–Trinajstić information content (AvgIpc) is 3.00. The summed E-state index contributed by atoms with van der Waals surface area (Å²) in [6, 6.07) is 0. The number of Topliss-reactive ketones (excluding diaryl/α,β-unsaturated/α-hetero) is 2. The van der Waals surface area contributed by atoms with Crippen molar-refractivity contribution in [3.63, 3.8) is 0 Å². The third kappa shape index (κ3) is 3.44. The van der Waals surface area contributed by atoms with E-state index in [2.05, 4.69) is 0 Å². The highest BCUT2D eigenvalue weighted by molar-refractivity contribution is 6.29. The van der Waals surface area contributed by atoms with Crippen LogP contribution in [-0.2, 0) is 23.9 Å². The zero-order chi connectivity index (χ0) is 26.0. The smallest absolute Gasteiger partial charge is 0.307 e. The molecular formula is C27H34ClFO6. The highest BCUT2D eigenvalue weighted by atomic mass is 35.5. The Bertz CT molecular complexity index is 1040. The SMILES string of the molecule is CC(=O)CCC(=O)O[C@]1(C(=O)CCl)[C@@H](C)CC2C3CCC4=CC(=O)C=CC4(C)[C@@]3(F)[C@@H](O)CC21C. The Morgan fingerprint density at radius 3 is 2.54 bits per heavy atom. The lowest BCUT2D eigenvalue weighted by atomic mass is 9.44. The lowest BCUT2D eigenvalue weighted by molar-refractivity contribution is -0.227. The van der Waals surface area contributed by atoms with Crippen LogP contribution in [0.5, 0.6) is 0 Å². The lowest BCUT2D eigenvalue weighted by Crippen LogP contribution is -2.70. The van der Waals surface area contributed by atoms with Gasteiger partial charge in [0, 0.05) is 29.1 Å². The van der Waals surface area contributed by atoms with Gasteiger partial charge in [-0.2, -0.15) is 0 Å². The Morgan fingerprint density at radius 1 is 1.23 bits per heavy atom. The number of rotatable bonds is 6. The van der Waals surface area contributed by atoms with Crippen LogP contribution in [0, 0.1) is 28.6 Å². The third-order valence-corrected chi connectivity index (χ3v) is 9.92. The van der Waals surface area contributed by atoms with Gasteiger partial charge < -0.3 is 14.6 Å². The molecule has 0 aliphatic heterocycles. The van der Waals surface area contributed by atoms with Crippen molar-refractivity contribution in [3.05, 3.63) is 23.8 Å². The first-order valence-corrected chi connectivity index (χ1v) is 12.9. The van der Waals surface area contributed by atoms with Crippen molar-refractivity contribution in [2.45, 2.75) is 83.6 Å². The van der Waals surface area contributed by atoms with Crippen molar-refractivity contribution in [1.29, 1.82) is 0 Å². The zero-order valence-electron chi connectivity index (χ0n) is 20.7. The molecule has 1 N–H and O–H groups in total. The minimum Gasteiger partial charge on any atom is -0.450 e. The van der Waals surface area contributed by atoms with Gasteiger partial charge in [-0.25, -0.2) is 4.39 Å². The van der Waals surface area contributed by atoms with E-state index in [1.807, 2.05) is 6.92 Å². The van der Waals surface area contributed by atoms with Crippen LogP contribution in [0.15, 0.2) is 23.8 Å². The summed E-state index contributed by atoms with van der Waals surface area (Å²) in [6.07, 6.45) is 4.06. The van der Waals surface area contributed by atoms with E-state index >= 15 is 4.39 Å². The Morgan fingerprint density at radius 2 is 1.91 bits per heavy atom. The van der Waals surface area contributed by atoms with Crippen LogP contribution in [0.2, 0.25) is 0 Å². The normalized spacial score (nSPS) is 44.1. The van der Waals surface area contributed by atoms with Gasteiger partial charge in [0.2, 0.25) is 0 Å². The number of aliphatic hydroxyl groups is 1. The Kier molecular flexibility index (Phi) is 6.45. The topological polar surface area (TPSA) is 97.7 Å². The highest BCUT2D eigenvalue weighted by Gasteiger charge is 2.77. The van der Waals surface area contributed by atoms with Crippen molar-refractivity contribution in [2.24, 2.45) is 28.6 Å². The molecular weight excluding hydrogens is 475 g/mol. The second kappa shape index (κ2) is 8.62. The van der Waals surface area contributed by atoms with Crippen molar-refractivity contribution >= 4 is 34.9 Å². The monoisotopic (exact) mass is 508 g/mol. The molecule has 192 valence electrons. The molecule has 4 rings (SSSR count). The minimum atomic E-state index is -2.04. The zero-order valence-corrected chi connectivity index (χ0v) is 21.5. The molecule has 0 amide bonds. The molecule has 4 aliphatic rings. The predicted molar refractivity (Wildman–Crippen MR) is 127 cm³/mol. The van der Waals surface area contributed by atoms with Gasteiger partial charge >= 0.3 is 5.97 Å². The molecule has 0 aromatic rings. The van der Waals surface area contributed by atoms with E-state index in [0.717, 1.165) is 0 Å². The lowest BCUT2D eigenvalue weighted by Gasteiger charge is -2.62. The number of hydrogen-bond acceptors (Lipinski definition) is 6. The van der Waals surface area contributed by atoms with E-state index in [4.69, 9.17) is 16.3 Å². The fraction of sp³-hybridized carbons (Fsp3) is 0.704. The summed E-state index contributed by atoms with van der Waals surface area (Å²) in [5.74, 6) is -3.30. The molecule has 35 heavy (non-hydrogen) atoms. The number of hydrogen-bond donors (Lipinski definition) is 1. The number of alkyl halides is 2. The number of carbonyl (C=O) groups is 4. The molecule has 8 heteroatoms. The Balaban J connectivity index is 1.78. The summed E-state index contributed by atoms with van der Waals surface area (Å²) in [6.45, 7) is 6.73. The first-order chi connectivity index (χ1) is 16.3. The summed E-state index contributed by atoms with van der Waals surface area (Å²) in [5.41, 5.74) is -5.18. The van der Waals surface area contributed by atoms with Crippen LogP contribution in [0.1, 0.15) is 66.2 Å². The summed E-state index contributed by atoms with van der Waals surface area (Å²) in [7, 11) is 0. The van der Waals surface area contributed by atoms with Crippen molar-refractivity contribution in [3.8, 4) is 0 Å². The molecule has 0 heterocycles. The van der Waals surface area contributed by atoms with Crippen LogP contribution in [0.3, 0.4) is 0 Å². The molecule has 0 radical (unpaired) electrons. The number of ether oxygens (including phenoxy) is 1. The standard InChI is InChI=1S/C27H34ClFO6/c1-15-11-20-19-7-6-17-12-18(31)9-10-24(17,3)26(19,29)21(32)13-25(20,4)27(15,22(33)14-28)35-23(34)8-5-16(2)30/h9-10,12,15,19-21,32H,5-8,11,13-14H2,1-4H3/t15-,19?,20?,21-,24?,25?,26-,27-/m0/s1. The summed E-state index contributed by atoms with van der Waals surface area (Å²) in [4.78, 5) is 49.7. The van der Waals surface area contributed by atoms with E-state index in [1.54, 1.807) is 19.9 Å². The predicted octanol–water partition coefficient (Wildman–Crippen LogP) is 4.06. The molecule has 0 spiro atoms. The number of aliphatic hydroxyl groups excluding tert-OH is 1. The molecule has 0 saturated heterocycles. The first kappa shape index (κ1) is 26.2. The molecule has 4 unspecified atom stereocenters. The molecule has 8 atom stereocenters. The fourth-order valence-corrected chi connectivity index (χ4v) is 8.21. The van der Waals surface area contributed by atoms with Gasteiger partial charge in [-0.3, -0.25) is 14.4 Å². The first-order valence-electron chi connectivity index (χ1n) is 12.4. The maximum atomic E-state index is 17.3. The maximum Gasteiger partial charge on any atom is 0.307 e. The van der Waals surface area contributed by atoms with Gasteiger partial charge in [0.05, 0.1) is 18.4 Å². The summed E-state index contributed by atoms with van der Waals surface area (Å²) < 4.78 is 23.3.